The Kier molecular flexibility index (Phi) is 12.4. The van der Waals surface area contributed by atoms with E-state index in [4.69, 9.17) is 4.74 Å². The third kappa shape index (κ3) is 8.51. The Morgan fingerprint density at radius 2 is 1.44 bits per heavy atom. The van der Waals surface area contributed by atoms with Crippen molar-refractivity contribution in [2.75, 3.05) is 13.2 Å². The van der Waals surface area contributed by atoms with Crippen LogP contribution in [0.25, 0.3) is 11.1 Å². The first-order valence-corrected chi connectivity index (χ1v) is 17.8. The molecule has 8 heteroatoms. The van der Waals surface area contributed by atoms with Gasteiger partial charge < -0.3 is 20.5 Å². The molecule has 0 radical (unpaired) electrons. The lowest BCUT2D eigenvalue weighted by atomic mass is 9.98. The van der Waals surface area contributed by atoms with Gasteiger partial charge in [-0.1, -0.05) is 90.1 Å². The molecule has 3 N–H and O–H groups in total. The summed E-state index contributed by atoms with van der Waals surface area (Å²) in [4.78, 5) is 36.7. The Hall–Kier alpha value is -3.57. The summed E-state index contributed by atoms with van der Waals surface area (Å²) < 4.78 is 5.51. The van der Waals surface area contributed by atoms with Crippen LogP contribution in [0.4, 0.5) is 4.79 Å². The summed E-state index contributed by atoms with van der Waals surface area (Å²) in [6.07, 6.45) is 1.53. The van der Waals surface area contributed by atoms with Gasteiger partial charge in [-0.15, -0.1) is 11.5 Å². The van der Waals surface area contributed by atoms with Gasteiger partial charge in [-0.25, -0.2) is 9.59 Å². The van der Waals surface area contributed by atoms with Crippen molar-refractivity contribution >= 4 is 26.0 Å². The van der Waals surface area contributed by atoms with Crippen LogP contribution in [-0.4, -0.2) is 50.3 Å². The molecule has 0 fully saturated rings. The highest BCUT2D eigenvalue weighted by molar-refractivity contribution is 6.90. The van der Waals surface area contributed by atoms with Crippen LogP contribution in [0.2, 0.25) is 16.6 Å². The number of unbranched alkanes of at least 4 members (excludes halogenated alkanes) is 1. The van der Waals surface area contributed by atoms with E-state index in [1.54, 1.807) is 0 Å². The number of hydrogen-bond acceptors (Lipinski definition) is 4. The lowest BCUT2D eigenvalue weighted by Gasteiger charge is -2.38. The van der Waals surface area contributed by atoms with Gasteiger partial charge in [-0.3, -0.25) is 4.79 Å². The minimum absolute atomic E-state index is 0.0493. The SMILES string of the molecule is CC(C)[Si](C#CCCC(=O)NCCCC[C@H](NC(=O)OCC1c2ccccc2-c2ccccc21)C(=O)O)(C(C)C)C(C)C. The van der Waals surface area contributed by atoms with E-state index in [0.29, 0.717) is 48.9 Å². The second kappa shape index (κ2) is 15.8. The minimum Gasteiger partial charge on any atom is -0.480 e. The number of carbonyl (C=O) groups excluding carboxylic acids is 2. The number of carbonyl (C=O) groups is 3. The number of amides is 2. The van der Waals surface area contributed by atoms with Gasteiger partial charge in [0.25, 0.3) is 0 Å². The summed E-state index contributed by atoms with van der Waals surface area (Å²) in [7, 11) is -1.79. The van der Waals surface area contributed by atoms with Crippen molar-refractivity contribution in [3.05, 3.63) is 59.7 Å². The van der Waals surface area contributed by atoms with Crippen molar-refractivity contribution in [1.82, 2.24) is 10.6 Å². The molecule has 0 aromatic heterocycles. The van der Waals surface area contributed by atoms with Crippen LogP contribution in [0.5, 0.6) is 0 Å². The number of benzene rings is 2. The molecule has 1 aliphatic carbocycles. The van der Waals surface area contributed by atoms with Gasteiger partial charge in [-0.2, -0.15) is 0 Å². The standard InChI is InChI=1S/C35H48N2O5Si/c1-24(2)43(25(3)4,26(5)6)22-14-12-20-33(38)36-21-13-11-19-32(34(39)40)37-35(41)42-23-31-29-17-9-7-15-27(29)28-16-8-10-18-30(28)31/h7-10,15-18,24-26,31-32H,11-13,19-21,23H2,1-6H3,(H,36,38)(H,37,41)(H,39,40)/t32-/m0/s1. The third-order valence-electron chi connectivity index (χ3n) is 8.82. The molecule has 0 bridgehead atoms. The Morgan fingerprint density at radius 3 is 1.98 bits per heavy atom. The second-order valence-corrected chi connectivity index (χ2v) is 18.0. The molecule has 0 spiro atoms. The van der Waals surface area contributed by atoms with Crippen LogP contribution in [0.15, 0.2) is 48.5 Å². The van der Waals surface area contributed by atoms with Gasteiger partial charge in [0.15, 0.2) is 0 Å². The van der Waals surface area contributed by atoms with E-state index in [-0.39, 0.29) is 24.9 Å². The quantitative estimate of drug-likeness (QED) is 0.120. The smallest absolute Gasteiger partial charge is 0.407 e. The summed E-state index contributed by atoms with van der Waals surface area (Å²) in [5.41, 5.74) is 9.76. The fraction of sp³-hybridized carbons (Fsp3) is 0.514. The average molecular weight is 605 g/mol. The normalized spacial score (nSPS) is 13.2. The summed E-state index contributed by atoms with van der Waals surface area (Å²) in [5, 5.41) is 15.0. The fourth-order valence-corrected chi connectivity index (χ4v) is 12.0. The maximum Gasteiger partial charge on any atom is 0.407 e. The van der Waals surface area contributed by atoms with Gasteiger partial charge in [0.2, 0.25) is 5.91 Å². The number of fused-ring (bicyclic) bond motifs is 3. The van der Waals surface area contributed by atoms with E-state index in [1.807, 2.05) is 36.4 Å². The number of rotatable bonds is 14. The molecule has 1 atom stereocenters. The van der Waals surface area contributed by atoms with Crippen LogP contribution in [0.3, 0.4) is 0 Å². The van der Waals surface area contributed by atoms with Crippen LogP contribution in [0, 0.1) is 11.5 Å². The molecule has 0 saturated heterocycles. The predicted octanol–water partition coefficient (Wildman–Crippen LogP) is 7.27. The Bertz CT molecular complexity index is 1260. The summed E-state index contributed by atoms with van der Waals surface area (Å²) in [6.45, 7) is 14.2. The number of nitrogens with one attached hydrogen (secondary N) is 2. The van der Waals surface area contributed by atoms with E-state index < -0.39 is 26.2 Å². The van der Waals surface area contributed by atoms with Gasteiger partial charge in [0, 0.05) is 25.3 Å². The van der Waals surface area contributed by atoms with Gasteiger partial charge in [0.05, 0.1) is 0 Å². The van der Waals surface area contributed by atoms with Crippen LogP contribution < -0.4 is 10.6 Å². The highest BCUT2D eigenvalue weighted by atomic mass is 28.3. The second-order valence-electron chi connectivity index (χ2n) is 12.4. The van der Waals surface area contributed by atoms with E-state index in [1.165, 1.54) is 0 Å². The Balaban J connectivity index is 1.39. The number of alkyl carbamates (subject to hydrolysis) is 1. The Morgan fingerprint density at radius 1 is 0.884 bits per heavy atom. The Labute approximate surface area is 258 Å². The molecule has 1 aliphatic rings. The minimum atomic E-state index is -1.79. The number of ether oxygens (including phenoxy) is 1. The molecule has 2 aromatic rings. The van der Waals surface area contributed by atoms with Crippen molar-refractivity contribution < 1.29 is 24.2 Å². The summed E-state index contributed by atoms with van der Waals surface area (Å²) in [5.74, 6) is 2.06. The molecule has 0 saturated carbocycles. The topological polar surface area (TPSA) is 105 Å². The predicted molar refractivity (Wildman–Crippen MR) is 175 cm³/mol. The first-order valence-electron chi connectivity index (χ1n) is 15.6. The highest BCUT2D eigenvalue weighted by Crippen LogP contribution is 2.44. The average Bonchev–Trinajstić information content (AvgIpc) is 3.28. The number of aliphatic carboxylic acids is 1. The number of carboxylic acids is 1. The molecule has 232 valence electrons. The van der Waals surface area contributed by atoms with E-state index in [9.17, 15) is 19.5 Å². The van der Waals surface area contributed by atoms with Gasteiger partial charge in [-0.05, 0) is 58.1 Å². The molecule has 0 unspecified atom stereocenters. The highest BCUT2D eigenvalue weighted by Gasteiger charge is 2.41. The molecule has 3 rings (SSSR count). The first kappa shape index (κ1) is 33.9. The third-order valence-corrected chi connectivity index (χ3v) is 15.2. The van der Waals surface area contributed by atoms with Crippen molar-refractivity contribution in [1.29, 1.82) is 0 Å². The summed E-state index contributed by atoms with van der Waals surface area (Å²) >= 11 is 0. The zero-order chi connectivity index (χ0) is 31.6. The largest absolute Gasteiger partial charge is 0.480 e. The number of carboxylic acid groups (broad SMARTS) is 1. The van der Waals surface area contributed by atoms with Crippen LogP contribution in [-0.2, 0) is 14.3 Å². The monoisotopic (exact) mass is 604 g/mol. The van der Waals surface area contributed by atoms with E-state index in [2.05, 4.69) is 75.8 Å². The fourth-order valence-electron chi connectivity index (χ4n) is 6.65. The molecule has 7 nitrogen and oxygen atoms in total. The molecule has 0 heterocycles. The molecular weight excluding hydrogens is 556 g/mol. The van der Waals surface area contributed by atoms with Gasteiger partial charge >= 0.3 is 12.1 Å². The van der Waals surface area contributed by atoms with Crippen molar-refractivity contribution in [3.8, 4) is 22.6 Å². The zero-order valence-corrected chi connectivity index (χ0v) is 27.5. The number of hydrogen-bond donors (Lipinski definition) is 3. The van der Waals surface area contributed by atoms with Crippen molar-refractivity contribution in [2.45, 2.75) is 102 Å². The van der Waals surface area contributed by atoms with Crippen LogP contribution in [0.1, 0.15) is 90.7 Å². The molecule has 0 aliphatic heterocycles. The van der Waals surface area contributed by atoms with E-state index >= 15 is 0 Å². The molecule has 2 aromatic carbocycles. The zero-order valence-electron chi connectivity index (χ0n) is 26.5. The van der Waals surface area contributed by atoms with Gasteiger partial charge in [0.1, 0.15) is 20.7 Å². The van der Waals surface area contributed by atoms with Crippen LogP contribution >= 0.6 is 0 Å². The lowest BCUT2D eigenvalue weighted by molar-refractivity contribution is -0.139. The lowest BCUT2D eigenvalue weighted by Crippen LogP contribution is -2.43. The maximum atomic E-state index is 12.6. The van der Waals surface area contributed by atoms with Crippen molar-refractivity contribution in [3.63, 3.8) is 0 Å². The molecule has 2 amide bonds. The maximum absolute atomic E-state index is 12.6. The van der Waals surface area contributed by atoms with E-state index in [0.717, 1.165) is 22.3 Å². The summed E-state index contributed by atoms with van der Waals surface area (Å²) in [6, 6.07) is 15.0. The first-order chi connectivity index (χ1) is 20.5. The molecular formula is C35H48N2O5Si. The van der Waals surface area contributed by atoms with Crippen molar-refractivity contribution in [2.24, 2.45) is 0 Å². The molecule has 43 heavy (non-hydrogen) atoms.